The van der Waals surface area contributed by atoms with Crippen LogP contribution in [0.15, 0.2) is 71.5 Å². The maximum absolute atomic E-state index is 13.9. The van der Waals surface area contributed by atoms with Crippen molar-refractivity contribution in [1.29, 1.82) is 0 Å². The average Bonchev–Trinajstić information content (AvgIpc) is 2.96. The van der Waals surface area contributed by atoms with Crippen LogP contribution in [0.5, 0.6) is 5.75 Å². The Morgan fingerprint density at radius 3 is 2.46 bits per heavy atom. The van der Waals surface area contributed by atoms with Crippen molar-refractivity contribution in [2.24, 2.45) is 0 Å². The first kappa shape index (κ1) is 28.5. The quantitative estimate of drug-likeness (QED) is 0.277. The highest BCUT2D eigenvalue weighted by atomic mass is 35.5. The van der Waals surface area contributed by atoms with Gasteiger partial charge in [-0.1, -0.05) is 47.5 Å². The number of amides is 1. The highest BCUT2D eigenvalue weighted by Gasteiger charge is 2.30. The Balaban J connectivity index is 1.51. The first-order valence-electron chi connectivity index (χ1n) is 12.5. The van der Waals surface area contributed by atoms with Gasteiger partial charge in [0.1, 0.15) is 5.75 Å². The minimum absolute atomic E-state index is 0.0748. The van der Waals surface area contributed by atoms with Crippen molar-refractivity contribution in [3.05, 3.63) is 115 Å². The number of hydrogen-bond acceptors (Lipinski definition) is 5. The lowest BCUT2D eigenvalue weighted by Gasteiger charge is -2.29. The monoisotopic (exact) mass is 602 g/mol. The van der Waals surface area contributed by atoms with E-state index in [1.54, 1.807) is 41.3 Å². The van der Waals surface area contributed by atoms with Crippen LogP contribution < -0.4 is 15.6 Å². The molecule has 1 aromatic heterocycles. The zero-order valence-electron chi connectivity index (χ0n) is 21.6. The Bertz CT molecular complexity index is 1670. The number of nitrogens with zero attached hydrogens (tertiary/aromatic N) is 3. The van der Waals surface area contributed by atoms with Crippen LogP contribution in [0.25, 0.3) is 5.69 Å². The summed E-state index contributed by atoms with van der Waals surface area (Å²) in [5, 5.41) is 3.68. The fraction of sp³-hybridized carbons (Fsp3) is 0.207. The first-order chi connectivity index (χ1) is 19.6. The molecule has 5 rings (SSSR count). The summed E-state index contributed by atoms with van der Waals surface area (Å²) in [4.78, 5) is 33.4. The van der Waals surface area contributed by atoms with Gasteiger partial charge < -0.3 is 15.0 Å². The summed E-state index contributed by atoms with van der Waals surface area (Å²) in [6, 6.07) is 16.3. The molecule has 212 valence electrons. The number of para-hydroxylation sites is 2. The van der Waals surface area contributed by atoms with Crippen LogP contribution in [0, 0.1) is 0 Å². The van der Waals surface area contributed by atoms with E-state index < -0.39 is 11.7 Å². The van der Waals surface area contributed by atoms with Gasteiger partial charge >= 0.3 is 6.18 Å². The SMILES string of the molecule is COc1ccccc1-n1c(NCc2ccc(C(F)(F)F)cc2)nc2c(c1=O)CCN(C(=O)c1ccc(Cl)c(Cl)c1)C2. The molecule has 0 saturated carbocycles. The number of halogens is 5. The van der Waals surface area contributed by atoms with Crippen LogP contribution in [0.3, 0.4) is 0 Å². The molecule has 3 aromatic carbocycles. The molecule has 2 heterocycles. The van der Waals surface area contributed by atoms with Crippen LogP contribution in [0.2, 0.25) is 10.0 Å². The van der Waals surface area contributed by atoms with Crippen molar-refractivity contribution in [2.75, 3.05) is 19.0 Å². The molecule has 0 saturated heterocycles. The lowest BCUT2D eigenvalue weighted by molar-refractivity contribution is -0.137. The second-order valence-electron chi connectivity index (χ2n) is 9.33. The number of hydrogen-bond donors (Lipinski definition) is 1. The Hall–Kier alpha value is -4.02. The molecule has 0 radical (unpaired) electrons. The third kappa shape index (κ3) is 5.89. The number of alkyl halides is 3. The number of aromatic nitrogens is 2. The van der Waals surface area contributed by atoms with Crippen molar-refractivity contribution in [1.82, 2.24) is 14.5 Å². The van der Waals surface area contributed by atoms with E-state index in [1.165, 1.54) is 29.9 Å². The molecule has 1 amide bonds. The van der Waals surface area contributed by atoms with E-state index >= 15 is 0 Å². The van der Waals surface area contributed by atoms with E-state index in [2.05, 4.69) is 5.32 Å². The largest absolute Gasteiger partial charge is 0.495 e. The summed E-state index contributed by atoms with van der Waals surface area (Å²) >= 11 is 12.1. The van der Waals surface area contributed by atoms with Crippen molar-refractivity contribution in [2.45, 2.75) is 25.7 Å². The molecule has 7 nitrogen and oxygen atoms in total. The molecular formula is C29H23Cl2F3N4O3. The average molecular weight is 603 g/mol. The predicted octanol–water partition coefficient (Wildman–Crippen LogP) is 6.38. The number of carbonyl (C=O) groups is 1. The third-order valence-corrected chi connectivity index (χ3v) is 7.49. The molecular weight excluding hydrogens is 580 g/mol. The summed E-state index contributed by atoms with van der Waals surface area (Å²) in [6.07, 6.45) is -4.18. The molecule has 1 aliphatic heterocycles. The van der Waals surface area contributed by atoms with Crippen LogP contribution in [0.4, 0.5) is 19.1 Å². The zero-order valence-corrected chi connectivity index (χ0v) is 23.1. The number of benzene rings is 3. The van der Waals surface area contributed by atoms with Gasteiger partial charge in [-0.05, 0) is 54.4 Å². The summed E-state index contributed by atoms with van der Waals surface area (Å²) in [5.74, 6) is 0.298. The van der Waals surface area contributed by atoms with Gasteiger partial charge in [0.2, 0.25) is 5.95 Å². The topological polar surface area (TPSA) is 76.5 Å². The lowest BCUT2D eigenvalue weighted by atomic mass is 10.0. The van der Waals surface area contributed by atoms with Crippen LogP contribution in [-0.2, 0) is 25.7 Å². The molecule has 0 fully saturated rings. The summed E-state index contributed by atoms with van der Waals surface area (Å²) < 4.78 is 45.9. The number of nitrogens with one attached hydrogen (secondary N) is 1. The van der Waals surface area contributed by atoms with Gasteiger partial charge in [0.25, 0.3) is 11.5 Å². The standard InChI is InChI=1S/C29H23Cl2F3N4O3/c1-41-25-5-3-2-4-24(25)38-27(40)20-12-13-37(26(39)18-8-11-21(30)22(31)14-18)16-23(20)36-28(38)35-15-17-6-9-19(10-7-17)29(32,33)34/h2-11,14H,12-13,15-16H2,1H3,(H,35,36). The molecule has 0 aliphatic carbocycles. The Morgan fingerprint density at radius 2 is 1.78 bits per heavy atom. The number of carbonyl (C=O) groups excluding carboxylic acids is 1. The Morgan fingerprint density at radius 1 is 1.05 bits per heavy atom. The second-order valence-corrected chi connectivity index (χ2v) is 10.1. The minimum atomic E-state index is -4.45. The summed E-state index contributed by atoms with van der Waals surface area (Å²) in [6.45, 7) is 0.447. The van der Waals surface area contributed by atoms with Gasteiger partial charge in [0, 0.05) is 24.2 Å². The smallest absolute Gasteiger partial charge is 0.416 e. The molecule has 12 heteroatoms. The second kappa shape index (κ2) is 11.5. The number of ether oxygens (including phenoxy) is 1. The number of methoxy groups -OCH3 is 1. The summed E-state index contributed by atoms with van der Waals surface area (Å²) in [5.41, 5.74) is 1.12. The van der Waals surface area contributed by atoms with Crippen LogP contribution >= 0.6 is 23.2 Å². The van der Waals surface area contributed by atoms with Crippen molar-refractivity contribution in [3.8, 4) is 11.4 Å². The van der Waals surface area contributed by atoms with Gasteiger partial charge in [0.15, 0.2) is 0 Å². The predicted molar refractivity (Wildman–Crippen MR) is 150 cm³/mol. The van der Waals surface area contributed by atoms with Crippen molar-refractivity contribution in [3.63, 3.8) is 0 Å². The number of fused-ring (bicyclic) bond motifs is 1. The van der Waals surface area contributed by atoms with Crippen molar-refractivity contribution < 1.29 is 22.7 Å². The van der Waals surface area contributed by atoms with E-state index in [-0.39, 0.29) is 48.5 Å². The molecule has 0 unspecified atom stereocenters. The number of rotatable bonds is 6. The maximum Gasteiger partial charge on any atom is 0.416 e. The molecule has 1 N–H and O–H groups in total. The lowest BCUT2D eigenvalue weighted by Crippen LogP contribution is -2.41. The number of anilines is 1. The van der Waals surface area contributed by atoms with E-state index in [9.17, 15) is 22.8 Å². The molecule has 0 spiro atoms. The fourth-order valence-electron chi connectivity index (χ4n) is 4.62. The minimum Gasteiger partial charge on any atom is -0.495 e. The van der Waals surface area contributed by atoms with E-state index in [0.29, 0.717) is 38.8 Å². The molecule has 1 aliphatic rings. The first-order valence-corrected chi connectivity index (χ1v) is 13.2. The van der Waals surface area contributed by atoms with Gasteiger partial charge in [-0.25, -0.2) is 9.55 Å². The summed E-state index contributed by atoms with van der Waals surface area (Å²) in [7, 11) is 1.48. The van der Waals surface area contributed by atoms with Crippen LogP contribution in [0.1, 0.15) is 32.7 Å². The highest BCUT2D eigenvalue weighted by Crippen LogP contribution is 2.30. The fourth-order valence-corrected chi connectivity index (χ4v) is 4.92. The molecule has 0 atom stereocenters. The Labute approximate surface area is 243 Å². The van der Waals surface area contributed by atoms with E-state index in [4.69, 9.17) is 32.9 Å². The maximum atomic E-state index is 13.9. The highest BCUT2D eigenvalue weighted by molar-refractivity contribution is 6.42. The molecule has 0 bridgehead atoms. The van der Waals surface area contributed by atoms with E-state index in [0.717, 1.165) is 12.1 Å². The van der Waals surface area contributed by atoms with Gasteiger partial charge in [0.05, 0.1) is 40.6 Å². The van der Waals surface area contributed by atoms with Crippen LogP contribution in [-0.4, -0.2) is 34.0 Å². The third-order valence-electron chi connectivity index (χ3n) is 6.75. The Kier molecular flexibility index (Phi) is 7.97. The van der Waals surface area contributed by atoms with Gasteiger partial charge in [-0.3, -0.25) is 9.59 Å². The van der Waals surface area contributed by atoms with E-state index in [1.807, 2.05) is 0 Å². The normalized spacial score (nSPS) is 13.1. The molecule has 41 heavy (non-hydrogen) atoms. The van der Waals surface area contributed by atoms with Gasteiger partial charge in [-0.15, -0.1) is 0 Å². The van der Waals surface area contributed by atoms with Crippen molar-refractivity contribution >= 4 is 35.1 Å². The zero-order chi connectivity index (χ0) is 29.3. The molecule has 4 aromatic rings. The van der Waals surface area contributed by atoms with Gasteiger partial charge in [-0.2, -0.15) is 13.2 Å².